The fraction of sp³-hybridized carbons (Fsp3) is 0.375. The van der Waals surface area contributed by atoms with Crippen molar-refractivity contribution in [3.8, 4) is 0 Å². The molecule has 158 valence electrons. The Labute approximate surface area is 177 Å². The van der Waals surface area contributed by atoms with Gasteiger partial charge in [0, 0.05) is 36.3 Å². The van der Waals surface area contributed by atoms with Gasteiger partial charge < -0.3 is 10.6 Å². The van der Waals surface area contributed by atoms with E-state index in [1.807, 2.05) is 67.0 Å². The maximum absolute atomic E-state index is 13.2. The number of nitrogens with zero attached hydrogens (tertiary/aromatic N) is 2. The molecule has 1 saturated heterocycles. The summed E-state index contributed by atoms with van der Waals surface area (Å²) in [7, 11) is 0. The number of primary amides is 1. The molecule has 30 heavy (non-hydrogen) atoms. The van der Waals surface area contributed by atoms with Crippen molar-refractivity contribution in [3.05, 3.63) is 71.3 Å². The molecule has 0 saturated carbocycles. The van der Waals surface area contributed by atoms with Crippen molar-refractivity contribution < 1.29 is 14.4 Å². The first-order valence-corrected chi connectivity index (χ1v) is 10.2. The first kappa shape index (κ1) is 21.7. The average molecular weight is 408 g/mol. The van der Waals surface area contributed by atoms with Gasteiger partial charge in [-0.25, -0.2) is 0 Å². The zero-order valence-corrected chi connectivity index (χ0v) is 17.8. The van der Waals surface area contributed by atoms with Crippen LogP contribution >= 0.6 is 0 Å². The Morgan fingerprint density at radius 3 is 2.30 bits per heavy atom. The maximum Gasteiger partial charge on any atom is 0.231 e. The van der Waals surface area contributed by atoms with Gasteiger partial charge in [-0.3, -0.25) is 19.3 Å². The Morgan fingerprint density at radius 1 is 1.00 bits per heavy atom. The van der Waals surface area contributed by atoms with E-state index in [4.69, 9.17) is 5.73 Å². The SMILES string of the molecule is CC(C(=O)N1CCN(CC(N)=O)C(C)(C)C1)c1cccc(C(=O)c2ccccc2)c1. The van der Waals surface area contributed by atoms with Gasteiger partial charge in [-0.2, -0.15) is 0 Å². The fourth-order valence-electron chi connectivity index (χ4n) is 3.98. The zero-order chi connectivity index (χ0) is 21.9. The number of carbonyl (C=O) groups excluding carboxylic acids is 3. The Kier molecular flexibility index (Phi) is 6.37. The molecule has 6 heteroatoms. The topological polar surface area (TPSA) is 83.7 Å². The molecule has 3 rings (SSSR count). The van der Waals surface area contributed by atoms with E-state index in [9.17, 15) is 14.4 Å². The molecule has 1 fully saturated rings. The highest BCUT2D eigenvalue weighted by Gasteiger charge is 2.37. The van der Waals surface area contributed by atoms with Crippen molar-refractivity contribution in [2.45, 2.75) is 32.2 Å². The molecule has 2 N–H and O–H groups in total. The van der Waals surface area contributed by atoms with Crippen LogP contribution in [0.25, 0.3) is 0 Å². The number of rotatable bonds is 6. The summed E-state index contributed by atoms with van der Waals surface area (Å²) in [5.74, 6) is -0.771. The lowest BCUT2D eigenvalue weighted by Gasteiger charge is -2.47. The van der Waals surface area contributed by atoms with Crippen LogP contribution in [0.4, 0.5) is 0 Å². The number of benzene rings is 2. The van der Waals surface area contributed by atoms with Crippen LogP contribution in [0.1, 0.15) is 48.2 Å². The standard InChI is InChI=1S/C24H29N3O3/c1-17(23(30)26-12-13-27(15-21(25)28)24(2,3)16-26)19-10-7-11-20(14-19)22(29)18-8-5-4-6-9-18/h4-11,14,17H,12-13,15-16H2,1-3H3,(H2,25,28). The minimum absolute atomic E-state index is 0.0195. The predicted octanol–water partition coefficient (Wildman–Crippen LogP) is 2.43. The second kappa shape index (κ2) is 8.79. The van der Waals surface area contributed by atoms with Gasteiger partial charge in [-0.15, -0.1) is 0 Å². The van der Waals surface area contributed by atoms with Gasteiger partial charge in [-0.1, -0.05) is 48.5 Å². The van der Waals surface area contributed by atoms with E-state index in [1.165, 1.54) is 0 Å². The van der Waals surface area contributed by atoms with Gasteiger partial charge in [0.1, 0.15) is 0 Å². The van der Waals surface area contributed by atoms with Crippen LogP contribution in [-0.2, 0) is 9.59 Å². The van der Waals surface area contributed by atoms with Crippen LogP contribution < -0.4 is 5.73 Å². The highest BCUT2D eigenvalue weighted by molar-refractivity contribution is 6.09. The number of piperazine rings is 1. The van der Waals surface area contributed by atoms with E-state index in [1.54, 1.807) is 18.2 Å². The quantitative estimate of drug-likeness (QED) is 0.746. The van der Waals surface area contributed by atoms with E-state index in [-0.39, 0.29) is 35.6 Å². The van der Waals surface area contributed by atoms with Crippen molar-refractivity contribution in [3.63, 3.8) is 0 Å². The largest absolute Gasteiger partial charge is 0.369 e. The third-order valence-electron chi connectivity index (χ3n) is 5.79. The average Bonchev–Trinajstić information content (AvgIpc) is 2.73. The van der Waals surface area contributed by atoms with Gasteiger partial charge in [0.15, 0.2) is 5.78 Å². The first-order chi connectivity index (χ1) is 14.2. The minimum atomic E-state index is -0.369. The predicted molar refractivity (Wildman–Crippen MR) is 116 cm³/mol. The van der Waals surface area contributed by atoms with Crippen LogP contribution in [0.5, 0.6) is 0 Å². The molecule has 1 unspecified atom stereocenters. The number of carbonyl (C=O) groups is 3. The van der Waals surface area contributed by atoms with Gasteiger partial charge in [0.25, 0.3) is 0 Å². The molecule has 1 heterocycles. The number of nitrogens with two attached hydrogens (primary N) is 1. The molecule has 0 aliphatic carbocycles. The van der Waals surface area contributed by atoms with E-state index >= 15 is 0 Å². The lowest BCUT2D eigenvalue weighted by molar-refractivity contribution is -0.138. The molecule has 2 amide bonds. The molecule has 0 spiro atoms. The number of ketones is 1. The molecule has 0 bridgehead atoms. The summed E-state index contributed by atoms with van der Waals surface area (Å²) in [5.41, 5.74) is 7.03. The monoisotopic (exact) mass is 407 g/mol. The van der Waals surface area contributed by atoms with Crippen molar-refractivity contribution in [1.82, 2.24) is 9.80 Å². The minimum Gasteiger partial charge on any atom is -0.369 e. The van der Waals surface area contributed by atoms with Crippen molar-refractivity contribution in [1.29, 1.82) is 0 Å². The summed E-state index contributed by atoms with van der Waals surface area (Å²) in [6, 6.07) is 16.4. The van der Waals surface area contributed by atoms with Gasteiger partial charge in [0.05, 0.1) is 12.5 Å². The second-order valence-corrected chi connectivity index (χ2v) is 8.50. The molecule has 1 aliphatic heterocycles. The number of amides is 2. The van der Waals surface area contributed by atoms with E-state index in [0.717, 1.165) is 5.56 Å². The van der Waals surface area contributed by atoms with Crippen molar-refractivity contribution >= 4 is 17.6 Å². The molecule has 1 atom stereocenters. The van der Waals surface area contributed by atoms with Gasteiger partial charge >= 0.3 is 0 Å². The molecule has 0 radical (unpaired) electrons. The highest BCUT2D eigenvalue weighted by atomic mass is 16.2. The normalized spacial score (nSPS) is 17.4. The molecule has 2 aromatic carbocycles. The summed E-state index contributed by atoms with van der Waals surface area (Å²) >= 11 is 0. The first-order valence-electron chi connectivity index (χ1n) is 10.2. The zero-order valence-electron chi connectivity index (χ0n) is 17.8. The molecule has 2 aromatic rings. The van der Waals surface area contributed by atoms with Crippen LogP contribution in [0.3, 0.4) is 0 Å². The molecule has 6 nitrogen and oxygen atoms in total. The van der Waals surface area contributed by atoms with Crippen molar-refractivity contribution in [2.75, 3.05) is 26.2 Å². The summed E-state index contributed by atoms with van der Waals surface area (Å²) in [4.78, 5) is 41.1. The van der Waals surface area contributed by atoms with Crippen LogP contribution in [0.15, 0.2) is 54.6 Å². The molecular formula is C24H29N3O3. The molecule has 0 aromatic heterocycles. The van der Waals surface area contributed by atoms with Gasteiger partial charge in [0.2, 0.25) is 11.8 Å². The highest BCUT2D eigenvalue weighted by Crippen LogP contribution is 2.26. The Hall–Kier alpha value is -2.99. The Balaban J connectivity index is 1.74. The van der Waals surface area contributed by atoms with Crippen LogP contribution in [0, 0.1) is 0 Å². The van der Waals surface area contributed by atoms with E-state index in [2.05, 4.69) is 0 Å². The third-order valence-corrected chi connectivity index (χ3v) is 5.79. The Morgan fingerprint density at radius 2 is 1.67 bits per heavy atom. The molecule has 1 aliphatic rings. The third kappa shape index (κ3) is 4.76. The van der Waals surface area contributed by atoms with Crippen molar-refractivity contribution in [2.24, 2.45) is 5.73 Å². The van der Waals surface area contributed by atoms with Crippen LogP contribution in [0.2, 0.25) is 0 Å². The summed E-state index contributed by atoms with van der Waals surface area (Å²) in [5, 5.41) is 0. The maximum atomic E-state index is 13.2. The fourth-order valence-corrected chi connectivity index (χ4v) is 3.98. The summed E-state index contributed by atoms with van der Waals surface area (Å²) < 4.78 is 0. The summed E-state index contributed by atoms with van der Waals surface area (Å²) in [6.45, 7) is 7.75. The number of hydrogen-bond acceptors (Lipinski definition) is 4. The summed E-state index contributed by atoms with van der Waals surface area (Å²) in [6.07, 6.45) is 0. The number of hydrogen-bond donors (Lipinski definition) is 1. The van der Waals surface area contributed by atoms with Crippen LogP contribution in [-0.4, -0.2) is 59.1 Å². The lowest BCUT2D eigenvalue weighted by Crippen LogP contribution is -2.62. The molecular weight excluding hydrogens is 378 g/mol. The van der Waals surface area contributed by atoms with E-state index < -0.39 is 0 Å². The lowest BCUT2D eigenvalue weighted by atomic mass is 9.93. The smallest absolute Gasteiger partial charge is 0.231 e. The Bertz CT molecular complexity index is 940. The van der Waals surface area contributed by atoms with E-state index in [0.29, 0.717) is 30.8 Å². The second-order valence-electron chi connectivity index (χ2n) is 8.50. The van der Waals surface area contributed by atoms with Gasteiger partial charge in [-0.05, 0) is 32.4 Å².